The number of imide groups is 2. The number of piperidine rings is 1. The summed E-state index contributed by atoms with van der Waals surface area (Å²) in [6.45, 7) is 6.11. The van der Waals surface area contributed by atoms with Gasteiger partial charge in [-0.3, -0.25) is 43.8 Å². The molecule has 0 aliphatic carbocycles. The van der Waals surface area contributed by atoms with Crippen LogP contribution in [0.1, 0.15) is 64.1 Å². The highest BCUT2D eigenvalue weighted by atomic mass is 19.4. The Bertz CT molecular complexity index is 2150. The number of amides is 5. The third-order valence-corrected chi connectivity index (χ3v) is 9.91. The molecule has 4 aliphatic rings. The molecule has 3 saturated heterocycles. The number of carbonyl (C=O) groups is 5. The molecule has 0 radical (unpaired) electrons. The second-order valence-electron chi connectivity index (χ2n) is 13.7. The second kappa shape index (κ2) is 12.6. The Morgan fingerprint density at radius 1 is 1.00 bits per heavy atom. The van der Waals surface area contributed by atoms with Crippen LogP contribution >= 0.6 is 0 Å². The topological polar surface area (TPSA) is 161 Å². The molecule has 3 fully saturated rings. The zero-order valence-electron chi connectivity index (χ0n) is 28.0. The number of halogens is 3. The SMILES string of the molecule is CC(C)(C(=O)Nc1ccc(C#N)c(C(F)(F)F)c1)n1cc(C#CC2CN(C3CN(c4ccc5c(c4)C(=O)N(C4CCC(=O)NC4=O)C5=O)C3)C2)cn1. The van der Waals surface area contributed by atoms with Gasteiger partial charge in [-0.2, -0.15) is 23.5 Å². The Morgan fingerprint density at radius 2 is 1.73 bits per heavy atom. The highest BCUT2D eigenvalue weighted by molar-refractivity contribution is 6.23. The number of nitrogens with one attached hydrogen (secondary N) is 2. The number of benzene rings is 2. The first kappa shape index (κ1) is 34.4. The summed E-state index contributed by atoms with van der Waals surface area (Å²) < 4.78 is 41.5. The van der Waals surface area contributed by atoms with Crippen LogP contribution in [0.4, 0.5) is 24.5 Å². The smallest absolute Gasteiger partial charge is 0.368 e. The predicted octanol–water partition coefficient (Wildman–Crippen LogP) is 2.72. The van der Waals surface area contributed by atoms with Gasteiger partial charge in [-0.15, -0.1) is 0 Å². The van der Waals surface area contributed by atoms with Crippen molar-refractivity contribution >= 4 is 40.9 Å². The summed E-state index contributed by atoms with van der Waals surface area (Å²) >= 11 is 0. The van der Waals surface area contributed by atoms with Gasteiger partial charge >= 0.3 is 6.18 Å². The maximum absolute atomic E-state index is 13.4. The molecule has 7 rings (SSSR count). The maximum Gasteiger partial charge on any atom is 0.417 e. The first-order valence-corrected chi connectivity index (χ1v) is 16.5. The van der Waals surface area contributed by atoms with Crippen molar-refractivity contribution in [3.8, 4) is 17.9 Å². The number of nitrogens with zero attached hydrogens (tertiary/aromatic N) is 6. The third kappa shape index (κ3) is 6.15. The van der Waals surface area contributed by atoms with Gasteiger partial charge in [-0.05, 0) is 56.7 Å². The van der Waals surface area contributed by atoms with E-state index in [1.54, 1.807) is 38.2 Å². The van der Waals surface area contributed by atoms with Crippen LogP contribution in [-0.4, -0.2) is 87.4 Å². The number of alkyl halides is 3. The normalized spacial score (nSPS) is 19.7. The summed E-state index contributed by atoms with van der Waals surface area (Å²) in [6, 6.07) is 8.85. The lowest BCUT2D eigenvalue weighted by Crippen LogP contribution is -2.65. The summed E-state index contributed by atoms with van der Waals surface area (Å²) in [4.78, 5) is 68.5. The number of anilines is 2. The van der Waals surface area contributed by atoms with Crippen LogP contribution in [0.15, 0.2) is 48.8 Å². The van der Waals surface area contributed by atoms with Crippen molar-refractivity contribution in [2.45, 2.75) is 50.5 Å². The van der Waals surface area contributed by atoms with Crippen molar-refractivity contribution in [3.63, 3.8) is 0 Å². The molecule has 1 unspecified atom stereocenters. The zero-order chi connectivity index (χ0) is 37.1. The Balaban J connectivity index is 0.908. The fourth-order valence-electron chi connectivity index (χ4n) is 6.68. The van der Waals surface area contributed by atoms with Crippen LogP contribution in [0.25, 0.3) is 0 Å². The zero-order valence-corrected chi connectivity index (χ0v) is 28.0. The van der Waals surface area contributed by atoms with Crippen LogP contribution in [-0.2, 0) is 26.1 Å². The average Bonchev–Trinajstić information content (AvgIpc) is 3.63. The first-order chi connectivity index (χ1) is 24.6. The minimum absolute atomic E-state index is 0.0567. The van der Waals surface area contributed by atoms with E-state index in [4.69, 9.17) is 5.26 Å². The third-order valence-electron chi connectivity index (χ3n) is 9.91. The van der Waals surface area contributed by atoms with E-state index in [1.807, 2.05) is 0 Å². The van der Waals surface area contributed by atoms with Gasteiger partial charge in [0.15, 0.2) is 0 Å². The molecular formula is C36H31F3N8O5. The second-order valence-corrected chi connectivity index (χ2v) is 13.7. The Morgan fingerprint density at radius 3 is 2.42 bits per heavy atom. The largest absolute Gasteiger partial charge is 0.417 e. The molecule has 0 bridgehead atoms. The number of hydrogen-bond donors (Lipinski definition) is 2. The minimum atomic E-state index is -4.76. The Kier molecular flexibility index (Phi) is 8.38. The molecule has 1 aromatic heterocycles. The molecule has 0 spiro atoms. The van der Waals surface area contributed by atoms with Crippen molar-refractivity contribution in [3.05, 3.63) is 76.6 Å². The number of likely N-dealkylation sites (tertiary alicyclic amines) is 1. The van der Waals surface area contributed by atoms with Gasteiger partial charge in [-0.25, -0.2) is 0 Å². The number of rotatable bonds is 6. The van der Waals surface area contributed by atoms with E-state index >= 15 is 0 Å². The van der Waals surface area contributed by atoms with Crippen LogP contribution in [0.5, 0.6) is 0 Å². The van der Waals surface area contributed by atoms with Crippen LogP contribution in [0, 0.1) is 29.1 Å². The molecule has 1 atom stereocenters. The lowest BCUT2D eigenvalue weighted by atomic mass is 9.94. The molecule has 3 aromatic rings. The summed E-state index contributed by atoms with van der Waals surface area (Å²) in [7, 11) is 0. The highest BCUT2D eigenvalue weighted by Gasteiger charge is 2.45. The van der Waals surface area contributed by atoms with Crippen molar-refractivity contribution in [2.75, 3.05) is 36.4 Å². The van der Waals surface area contributed by atoms with Crippen LogP contribution in [0.3, 0.4) is 0 Å². The minimum Gasteiger partial charge on any atom is -0.368 e. The van der Waals surface area contributed by atoms with Crippen molar-refractivity contribution in [1.82, 2.24) is 24.9 Å². The van der Waals surface area contributed by atoms with Crippen molar-refractivity contribution in [2.24, 2.45) is 5.92 Å². The van der Waals surface area contributed by atoms with E-state index in [9.17, 15) is 37.1 Å². The van der Waals surface area contributed by atoms with E-state index in [-0.39, 0.29) is 41.6 Å². The number of aromatic nitrogens is 2. The molecule has 4 aliphatic heterocycles. The van der Waals surface area contributed by atoms with Gasteiger partial charge in [0.25, 0.3) is 17.7 Å². The van der Waals surface area contributed by atoms with E-state index in [0.29, 0.717) is 5.56 Å². The quantitative estimate of drug-likeness (QED) is 0.289. The molecule has 0 saturated carbocycles. The van der Waals surface area contributed by atoms with Gasteiger partial charge in [0.1, 0.15) is 11.6 Å². The van der Waals surface area contributed by atoms with Gasteiger partial charge in [0, 0.05) is 62.1 Å². The molecule has 52 heavy (non-hydrogen) atoms. The van der Waals surface area contributed by atoms with Crippen LogP contribution < -0.4 is 15.5 Å². The molecular weight excluding hydrogens is 681 g/mol. The standard InChI is InChI=1S/C36H31F3N8O5/c1-35(2,34(52)42-23-6-5-22(13-40)28(11-23)36(37,38)39)46-17-20(14-41-46)3-4-21-15-44(16-21)25-18-45(19-25)24-7-8-26-27(12-24)33(51)47(32(26)50)29-9-10-30(48)43-31(29)49/h5-8,11-12,14,17,21,25,29H,9-10,15-16,18-19H2,1-2H3,(H,42,52)(H,43,48,49). The summed E-state index contributed by atoms with van der Waals surface area (Å²) in [5, 5.41) is 18.0. The number of hydrogen-bond acceptors (Lipinski definition) is 9. The van der Waals surface area contributed by atoms with E-state index in [1.165, 1.54) is 23.0 Å². The fraction of sp³-hybridized carbons (Fsp3) is 0.361. The predicted molar refractivity (Wildman–Crippen MR) is 177 cm³/mol. The molecule has 266 valence electrons. The van der Waals surface area contributed by atoms with Gasteiger partial charge in [0.2, 0.25) is 11.8 Å². The first-order valence-electron chi connectivity index (χ1n) is 16.5. The Hall–Kier alpha value is -6.00. The molecule has 16 heteroatoms. The molecule has 13 nitrogen and oxygen atoms in total. The molecule has 5 amide bonds. The lowest BCUT2D eigenvalue weighted by Gasteiger charge is -2.51. The van der Waals surface area contributed by atoms with Gasteiger partial charge < -0.3 is 10.2 Å². The van der Waals surface area contributed by atoms with Crippen LogP contribution in [0.2, 0.25) is 0 Å². The van der Waals surface area contributed by atoms with E-state index < -0.39 is 58.4 Å². The summed E-state index contributed by atoms with van der Waals surface area (Å²) in [6.07, 6.45) is -1.48. The monoisotopic (exact) mass is 712 g/mol. The highest BCUT2D eigenvalue weighted by Crippen LogP contribution is 2.35. The Labute approximate surface area is 295 Å². The van der Waals surface area contributed by atoms with Crippen molar-refractivity contribution in [1.29, 1.82) is 5.26 Å². The fourth-order valence-corrected chi connectivity index (χ4v) is 6.68. The number of fused-ring (bicyclic) bond motifs is 1. The lowest BCUT2D eigenvalue weighted by molar-refractivity contribution is -0.138. The van der Waals surface area contributed by atoms with Crippen molar-refractivity contribution < 1.29 is 37.1 Å². The summed E-state index contributed by atoms with van der Waals surface area (Å²) in [5.41, 5.74) is -1.19. The van der Waals surface area contributed by atoms with E-state index in [2.05, 4.69) is 37.4 Å². The van der Waals surface area contributed by atoms with E-state index in [0.717, 1.165) is 48.9 Å². The average molecular weight is 713 g/mol. The summed E-state index contributed by atoms with van der Waals surface area (Å²) in [5.74, 6) is 3.69. The molecule has 2 N–H and O–H groups in total. The maximum atomic E-state index is 13.4. The van der Waals surface area contributed by atoms with Gasteiger partial charge in [0.05, 0.1) is 40.1 Å². The number of nitriles is 1. The number of carbonyl (C=O) groups excluding carboxylic acids is 5. The molecule has 5 heterocycles. The van der Waals surface area contributed by atoms with Gasteiger partial charge in [-0.1, -0.05) is 11.8 Å². The molecule has 2 aromatic carbocycles.